The molecule has 1 aromatic carbocycles. The van der Waals surface area contributed by atoms with Crippen LogP contribution in [0.3, 0.4) is 0 Å². The first-order valence-electron chi connectivity index (χ1n) is 12.8. The monoisotopic (exact) mass is 579 g/mol. The normalized spacial score (nSPS) is 25.4. The van der Waals surface area contributed by atoms with Gasteiger partial charge in [-0.3, -0.25) is 9.59 Å². The first-order chi connectivity index (χ1) is 17.2. The number of benzene rings is 1. The summed E-state index contributed by atoms with van der Waals surface area (Å²) in [7, 11) is 1.58. The molecule has 1 fully saturated rings. The average Bonchev–Trinajstić information content (AvgIpc) is 3.18. The number of likely N-dealkylation sites (N-methyl/N-ethyl adjacent to an activating group) is 1. The highest BCUT2D eigenvalue weighted by molar-refractivity contribution is 9.10. The summed E-state index contributed by atoms with van der Waals surface area (Å²) in [5, 5.41) is 12.5. The molecule has 3 rings (SSSR count). The Bertz CT molecular complexity index is 1050. The average molecular weight is 581 g/mol. The molecule has 0 aliphatic carbocycles. The molecule has 0 unspecified atom stereocenters. The van der Waals surface area contributed by atoms with Gasteiger partial charge in [0.2, 0.25) is 11.8 Å². The van der Waals surface area contributed by atoms with Crippen molar-refractivity contribution in [2.45, 2.75) is 84.0 Å². The summed E-state index contributed by atoms with van der Waals surface area (Å²) in [5.74, 6) is -2.64. The molecule has 2 heterocycles. The quantitative estimate of drug-likeness (QED) is 0.552. The number of hydrogen-bond acceptors (Lipinski definition) is 5. The van der Waals surface area contributed by atoms with E-state index in [0.29, 0.717) is 25.8 Å². The fraction of sp³-hybridized carbons (Fsp3) is 0.630. The lowest BCUT2D eigenvalue weighted by molar-refractivity contribution is -0.146. The Morgan fingerprint density at radius 2 is 1.78 bits per heavy atom. The van der Waals surface area contributed by atoms with Crippen LogP contribution in [0.1, 0.15) is 58.6 Å². The number of aliphatic carboxylic acids is 1. The van der Waals surface area contributed by atoms with Crippen LogP contribution in [0.2, 0.25) is 0 Å². The van der Waals surface area contributed by atoms with Crippen LogP contribution >= 0.6 is 15.9 Å². The van der Waals surface area contributed by atoms with Crippen molar-refractivity contribution in [3.63, 3.8) is 0 Å². The molecule has 2 N–H and O–H groups in total. The lowest BCUT2D eigenvalue weighted by atomic mass is 9.90. The third-order valence-corrected chi connectivity index (χ3v) is 7.41. The van der Waals surface area contributed by atoms with Gasteiger partial charge in [0, 0.05) is 30.5 Å². The van der Waals surface area contributed by atoms with Crippen LogP contribution in [0.15, 0.2) is 22.7 Å². The summed E-state index contributed by atoms with van der Waals surface area (Å²) in [4.78, 5) is 55.3. The number of amides is 3. The van der Waals surface area contributed by atoms with Crippen LogP contribution in [0.25, 0.3) is 0 Å². The molecule has 3 amide bonds. The van der Waals surface area contributed by atoms with Crippen LogP contribution in [0.5, 0.6) is 0 Å². The van der Waals surface area contributed by atoms with E-state index in [0.717, 1.165) is 15.6 Å². The molecule has 0 saturated carbocycles. The number of carboxylic acids is 1. The minimum atomic E-state index is -1.14. The van der Waals surface area contributed by atoms with Gasteiger partial charge >= 0.3 is 12.1 Å². The van der Waals surface area contributed by atoms with E-state index in [9.17, 15) is 24.3 Å². The van der Waals surface area contributed by atoms with Crippen molar-refractivity contribution in [3.8, 4) is 0 Å². The summed E-state index contributed by atoms with van der Waals surface area (Å²) in [5.41, 5.74) is 1.05. The van der Waals surface area contributed by atoms with E-state index in [2.05, 4.69) is 21.2 Å². The number of carbonyl (C=O) groups is 4. The molecule has 0 radical (unpaired) electrons. The highest BCUT2D eigenvalue weighted by Crippen LogP contribution is 2.33. The maximum absolute atomic E-state index is 13.8. The van der Waals surface area contributed by atoms with Gasteiger partial charge in [-0.2, -0.15) is 0 Å². The number of carbonyl (C=O) groups excluding carboxylic acids is 3. The Hall–Kier alpha value is -2.62. The molecular weight excluding hydrogens is 542 g/mol. The van der Waals surface area contributed by atoms with Gasteiger partial charge in [0.15, 0.2) is 0 Å². The van der Waals surface area contributed by atoms with E-state index < -0.39 is 47.6 Å². The number of aryl methyl sites for hydroxylation is 1. The number of carboxylic acid groups (broad SMARTS) is 1. The Balaban J connectivity index is 2.05. The number of ether oxygens (including phenoxy) is 1. The molecule has 10 heteroatoms. The Morgan fingerprint density at radius 3 is 2.38 bits per heavy atom. The maximum Gasteiger partial charge on any atom is 0.410 e. The molecule has 0 spiro atoms. The van der Waals surface area contributed by atoms with Crippen LogP contribution < -0.4 is 5.32 Å². The van der Waals surface area contributed by atoms with E-state index in [1.54, 1.807) is 11.9 Å². The highest BCUT2D eigenvalue weighted by Gasteiger charge is 2.45. The molecule has 0 aromatic heterocycles. The standard InChI is InChI=1S/C27H38BrN3O6/c1-15(2)22-23(32)29-20(25(34)35)14-17-11-16(12-18(28)13-17)7-8-21-19(24(33)30(22)6)9-10-31(21)26(36)37-27(3,4)5/h11-13,15,19-22H,7-10,14H2,1-6H3,(H,29,32)(H,34,35)/t19-,20-,21+,22-/m0/s1. The zero-order valence-electron chi connectivity index (χ0n) is 22.4. The minimum absolute atomic E-state index is 0.103. The van der Waals surface area contributed by atoms with Gasteiger partial charge in [0.25, 0.3) is 0 Å². The number of hydrogen-bond donors (Lipinski definition) is 2. The third-order valence-electron chi connectivity index (χ3n) is 6.96. The predicted octanol–water partition coefficient (Wildman–Crippen LogP) is 3.62. The number of halogens is 1. The fourth-order valence-corrected chi connectivity index (χ4v) is 5.95. The number of likely N-dealkylation sites (tertiary alicyclic amines) is 1. The molecule has 2 aliphatic heterocycles. The lowest BCUT2D eigenvalue weighted by Crippen LogP contribution is -2.56. The second-order valence-electron chi connectivity index (χ2n) is 11.4. The second kappa shape index (κ2) is 11.4. The minimum Gasteiger partial charge on any atom is -0.480 e. The van der Waals surface area contributed by atoms with Gasteiger partial charge in [0.1, 0.15) is 17.7 Å². The maximum atomic E-state index is 13.8. The number of rotatable bonds is 2. The van der Waals surface area contributed by atoms with Crippen molar-refractivity contribution in [2.75, 3.05) is 13.6 Å². The first kappa shape index (κ1) is 28.9. The molecule has 4 atom stereocenters. The van der Waals surface area contributed by atoms with Gasteiger partial charge in [-0.1, -0.05) is 35.8 Å². The molecule has 9 nitrogen and oxygen atoms in total. The Morgan fingerprint density at radius 1 is 1.14 bits per heavy atom. The molecule has 204 valence electrons. The zero-order chi connectivity index (χ0) is 27.7. The summed E-state index contributed by atoms with van der Waals surface area (Å²) < 4.78 is 6.45. The molecular formula is C27H38BrN3O6. The van der Waals surface area contributed by atoms with Crippen molar-refractivity contribution in [1.29, 1.82) is 0 Å². The zero-order valence-corrected chi connectivity index (χ0v) is 24.0. The smallest absolute Gasteiger partial charge is 0.410 e. The molecule has 1 aromatic rings. The van der Waals surface area contributed by atoms with Gasteiger partial charge in [0.05, 0.1) is 5.92 Å². The van der Waals surface area contributed by atoms with E-state index in [4.69, 9.17) is 4.74 Å². The van der Waals surface area contributed by atoms with Gasteiger partial charge < -0.3 is 25.0 Å². The van der Waals surface area contributed by atoms with Crippen LogP contribution in [0.4, 0.5) is 4.79 Å². The number of nitrogens with one attached hydrogen (secondary N) is 1. The van der Waals surface area contributed by atoms with E-state index in [-0.39, 0.29) is 18.2 Å². The second-order valence-corrected chi connectivity index (χ2v) is 12.3. The predicted molar refractivity (Wildman–Crippen MR) is 142 cm³/mol. The Labute approximate surface area is 227 Å². The van der Waals surface area contributed by atoms with Crippen molar-refractivity contribution < 1.29 is 29.0 Å². The van der Waals surface area contributed by atoms with Crippen LogP contribution in [-0.4, -0.2) is 76.1 Å². The van der Waals surface area contributed by atoms with Crippen molar-refractivity contribution in [2.24, 2.45) is 11.8 Å². The molecule has 37 heavy (non-hydrogen) atoms. The topological polar surface area (TPSA) is 116 Å². The van der Waals surface area contributed by atoms with E-state index in [1.165, 1.54) is 4.90 Å². The lowest BCUT2D eigenvalue weighted by Gasteiger charge is -2.35. The number of nitrogens with zero attached hydrogens (tertiary/aromatic N) is 2. The van der Waals surface area contributed by atoms with Crippen molar-refractivity contribution in [3.05, 3.63) is 33.8 Å². The summed E-state index contributed by atoms with van der Waals surface area (Å²) in [6.07, 6.45) is 1.23. The SMILES string of the molecule is CC(C)[C@H]1C(=O)N[C@H](C(=O)O)Cc2cc(Br)cc(c2)CC[C@@H]2[C@H](CCN2C(=O)OC(C)(C)C)C(=O)N1C. The fourth-order valence-electron chi connectivity index (χ4n) is 5.36. The Kier molecular flexibility index (Phi) is 8.93. The number of fused-ring (bicyclic) bond motifs is 3. The summed E-state index contributed by atoms with van der Waals surface area (Å²) >= 11 is 3.52. The van der Waals surface area contributed by atoms with E-state index in [1.807, 2.05) is 52.8 Å². The molecule has 2 aliphatic rings. The van der Waals surface area contributed by atoms with Gasteiger partial charge in [-0.15, -0.1) is 0 Å². The van der Waals surface area contributed by atoms with Gasteiger partial charge in [-0.05, 0) is 69.2 Å². The molecule has 2 bridgehead atoms. The molecule has 1 saturated heterocycles. The first-order valence-corrected chi connectivity index (χ1v) is 13.5. The largest absolute Gasteiger partial charge is 0.480 e. The van der Waals surface area contributed by atoms with Crippen LogP contribution in [-0.2, 0) is 32.0 Å². The van der Waals surface area contributed by atoms with Crippen molar-refractivity contribution >= 4 is 39.8 Å². The van der Waals surface area contributed by atoms with Crippen molar-refractivity contribution in [1.82, 2.24) is 15.1 Å². The third kappa shape index (κ3) is 7.03. The van der Waals surface area contributed by atoms with E-state index >= 15 is 0 Å². The van der Waals surface area contributed by atoms with Crippen LogP contribution in [0, 0.1) is 11.8 Å². The highest BCUT2D eigenvalue weighted by atomic mass is 79.9. The van der Waals surface area contributed by atoms with Gasteiger partial charge in [-0.25, -0.2) is 9.59 Å². The summed E-state index contributed by atoms with van der Waals surface area (Å²) in [6, 6.07) is 3.34. The summed E-state index contributed by atoms with van der Waals surface area (Å²) in [6.45, 7) is 9.46.